The molecule has 0 bridgehead atoms. The molecule has 6 nitrogen and oxygen atoms in total. The molecule has 122 valence electrons. The Balaban J connectivity index is 0.00000242. The lowest BCUT2D eigenvalue weighted by Gasteiger charge is -2.22. The highest BCUT2D eigenvalue weighted by molar-refractivity contribution is 6.31. The van der Waals surface area contributed by atoms with Crippen molar-refractivity contribution in [1.29, 1.82) is 0 Å². The van der Waals surface area contributed by atoms with Gasteiger partial charge in [-0.25, -0.2) is 0 Å². The van der Waals surface area contributed by atoms with Crippen LogP contribution in [0.2, 0.25) is 5.02 Å². The van der Waals surface area contributed by atoms with Gasteiger partial charge in [0.05, 0.1) is 4.92 Å². The van der Waals surface area contributed by atoms with Crippen LogP contribution in [0.3, 0.4) is 0 Å². The topological polar surface area (TPSA) is 84.3 Å². The highest BCUT2D eigenvalue weighted by Crippen LogP contribution is 2.23. The van der Waals surface area contributed by atoms with E-state index in [1.165, 1.54) is 18.2 Å². The van der Waals surface area contributed by atoms with E-state index in [4.69, 9.17) is 11.6 Å². The zero-order valence-corrected chi connectivity index (χ0v) is 13.6. The number of halogens is 2. The number of rotatable bonds is 5. The molecular formula is C14H19Cl2N3O3. The predicted octanol–water partition coefficient (Wildman–Crippen LogP) is 2.79. The summed E-state index contributed by atoms with van der Waals surface area (Å²) in [5, 5.41) is 17.3. The summed E-state index contributed by atoms with van der Waals surface area (Å²) in [6, 6.07) is 4.06. The van der Waals surface area contributed by atoms with Crippen molar-refractivity contribution in [3.05, 3.63) is 38.9 Å². The standard InChI is InChI=1S/C14H18ClN3O3.ClH/c15-11-3-4-12(13(8-11)18(20)21)14(19)17-7-5-10-2-1-6-16-9-10;/h3-4,8,10,16H,1-2,5-7,9H2,(H,17,19);1H. The van der Waals surface area contributed by atoms with Crippen molar-refractivity contribution in [3.8, 4) is 0 Å². The van der Waals surface area contributed by atoms with E-state index in [2.05, 4.69) is 10.6 Å². The van der Waals surface area contributed by atoms with Crippen LogP contribution in [-0.2, 0) is 0 Å². The van der Waals surface area contributed by atoms with Crippen molar-refractivity contribution in [3.63, 3.8) is 0 Å². The Morgan fingerprint density at radius 2 is 2.27 bits per heavy atom. The Kier molecular flexibility index (Phi) is 7.58. The zero-order valence-electron chi connectivity index (χ0n) is 12.0. The van der Waals surface area contributed by atoms with Crippen LogP contribution < -0.4 is 10.6 Å². The summed E-state index contributed by atoms with van der Waals surface area (Å²) < 4.78 is 0. The van der Waals surface area contributed by atoms with Crippen LogP contribution in [0.4, 0.5) is 5.69 Å². The van der Waals surface area contributed by atoms with Gasteiger partial charge in [-0.2, -0.15) is 0 Å². The van der Waals surface area contributed by atoms with Crippen LogP contribution in [0.5, 0.6) is 0 Å². The van der Waals surface area contributed by atoms with E-state index in [1.54, 1.807) is 0 Å². The van der Waals surface area contributed by atoms with Gasteiger partial charge in [0.1, 0.15) is 5.56 Å². The molecule has 1 unspecified atom stereocenters. The minimum absolute atomic E-state index is 0. The van der Waals surface area contributed by atoms with Crippen LogP contribution >= 0.6 is 24.0 Å². The molecule has 0 saturated carbocycles. The zero-order chi connectivity index (χ0) is 15.2. The Morgan fingerprint density at radius 3 is 2.91 bits per heavy atom. The van der Waals surface area contributed by atoms with E-state index in [-0.39, 0.29) is 28.7 Å². The molecule has 1 fully saturated rings. The van der Waals surface area contributed by atoms with Gasteiger partial charge in [0, 0.05) is 17.6 Å². The number of nitro benzene ring substituents is 1. The quantitative estimate of drug-likeness (QED) is 0.633. The molecule has 1 amide bonds. The molecule has 2 rings (SSSR count). The maximum atomic E-state index is 12.0. The first kappa shape index (κ1) is 18.7. The third-order valence-electron chi connectivity index (χ3n) is 3.64. The maximum Gasteiger partial charge on any atom is 0.283 e. The number of hydrogen-bond acceptors (Lipinski definition) is 4. The Bertz CT molecular complexity index is 534. The molecule has 0 aliphatic carbocycles. The Hall–Kier alpha value is -1.37. The van der Waals surface area contributed by atoms with Crippen molar-refractivity contribution in [2.75, 3.05) is 19.6 Å². The number of hydrogen-bond donors (Lipinski definition) is 2. The van der Waals surface area contributed by atoms with Crippen molar-refractivity contribution in [2.24, 2.45) is 5.92 Å². The first-order valence-corrected chi connectivity index (χ1v) is 7.38. The molecule has 1 heterocycles. The average molecular weight is 348 g/mol. The fourth-order valence-corrected chi connectivity index (χ4v) is 2.67. The third kappa shape index (κ3) is 5.12. The monoisotopic (exact) mass is 347 g/mol. The second-order valence-corrected chi connectivity index (χ2v) is 5.61. The Labute approximate surface area is 140 Å². The maximum absolute atomic E-state index is 12.0. The summed E-state index contributed by atoms with van der Waals surface area (Å²) >= 11 is 5.73. The van der Waals surface area contributed by atoms with E-state index >= 15 is 0 Å². The lowest BCUT2D eigenvalue weighted by Crippen LogP contribution is -2.33. The highest BCUT2D eigenvalue weighted by Gasteiger charge is 2.20. The number of carbonyl (C=O) groups is 1. The van der Waals surface area contributed by atoms with Crippen molar-refractivity contribution >= 4 is 35.6 Å². The molecule has 22 heavy (non-hydrogen) atoms. The van der Waals surface area contributed by atoms with Crippen molar-refractivity contribution in [1.82, 2.24) is 10.6 Å². The lowest BCUT2D eigenvalue weighted by atomic mass is 9.96. The molecule has 1 aliphatic heterocycles. The summed E-state index contributed by atoms with van der Waals surface area (Å²) in [4.78, 5) is 22.4. The first-order chi connectivity index (χ1) is 10.1. The number of nitrogens with one attached hydrogen (secondary N) is 2. The third-order valence-corrected chi connectivity index (χ3v) is 3.87. The Morgan fingerprint density at radius 1 is 1.50 bits per heavy atom. The number of nitrogens with zero attached hydrogens (tertiary/aromatic N) is 1. The molecule has 1 aliphatic rings. The summed E-state index contributed by atoms with van der Waals surface area (Å²) in [6.07, 6.45) is 3.19. The van der Waals surface area contributed by atoms with Gasteiger partial charge < -0.3 is 10.6 Å². The van der Waals surface area contributed by atoms with E-state index < -0.39 is 10.8 Å². The molecule has 0 radical (unpaired) electrons. The van der Waals surface area contributed by atoms with Gasteiger partial charge in [0.15, 0.2) is 0 Å². The number of piperidine rings is 1. The molecule has 1 saturated heterocycles. The number of nitro groups is 1. The molecule has 1 atom stereocenters. The molecule has 1 aromatic carbocycles. The van der Waals surface area contributed by atoms with Crippen molar-refractivity contribution in [2.45, 2.75) is 19.3 Å². The summed E-state index contributed by atoms with van der Waals surface area (Å²) in [6.45, 7) is 2.54. The van der Waals surface area contributed by atoms with Gasteiger partial charge in [0.2, 0.25) is 0 Å². The van der Waals surface area contributed by atoms with E-state index in [9.17, 15) is 14.9 Å². The highest BCUT2D eigenvalue weighted by atomic mass is 35.5. The predicted molar refractivity (Wildman–Crippen MR) is 87.9 cm³/mol. The fraction of sp³-hybridized carbons (Fsp3) is 0.500. The van der Waals surface area contributed by atoms with Gasteiger partial charge in [-0.3, -0.25) is 14.9 Å². The van der Waals surface area contributed by atoms with Gasteiger partial charge in [-0.05, 0) is 50.4 Å². The SMILES string of the molecule is Cl.O=C(NCCC1CCCNC1)c1ccc(Cl)cc1[N+](=O)[O-]. The van der Waals surface area contributed by atoms with Gasteiger partial charge >= 0.3 is 0 Å². The number of benzene rings is 1. The van der Waals surface area contributed by atoms with E-state index in [0.29, 0.717) is 12.5 Å². The number of amides is 1. The molecule has 8 heteroatoms. The van der Waals surface area contributed by atoms with Crippen LogP contribution in [-0.4, -0.2) is 30.5 Å². The fourth-order valence-electron chi connectivity index (χ4n) is 2.50. The molecule has 0 spiro atoms. The number of carbonyl (C=O) groups excluding carboxylic acids is 1. The van der Waals surface area contributed by atoms with Gasteiger partial charge in [-0.1, -0.05) is 11.6 Å². The second kappa shape index (κ2) is 8.92. The van der Waals surface area contributed by atoms with Crippen LogP contribution in [0, 0.1) is 16.0 Å². The van der Waals surface area contributed by atoms with Gasteiger partial charge in [0.25, 0.3) is 11.6 Å². The molecule has 1 aromatic rings. The molecule has 2 N–H and O–H groups in total. The smallest absolute Gasteiger partial charge is 0.283 e. The van der Waals surface area contributed by atoms with E-state index in [0.717, 1.165) is 32.4 Å². The molecular weight excluding hydrogens is 329 g/mol. The largest absolute Gasteiger partial charge is 0.352 e. The molecule has 0 aromatic heterocycles. The second-order valence-electron chi connectivity index (χ2n) is 5.18. The van der Waals surface area contributed by atoms with Crippen LogP contribution in [0.25, 0.3) is 0 Å². The first-order valence-electron chi connectivity index (χ1n) is 7.01. The minimum atomic E-state index is -0.591. The summed E-state index contributed by atoms with van der Waals surface area (Å²) in [5.41, 5.74) is -0.217. The van der Waals surface area contributed by atoms with Crippen molar-refractivity contribution < 1.29 is 9.72 Å². The lowest BCUT2D eigenvalue weighted by molar-refractivity contribution is -0.385. The normalized spacial score (nSPS) is 17.4. The van der Waals surface area contributed by atoms with Crippen LogP contribution in [0.1, 0.15) is 29.6 Å². The summed E-state index contributed by atoms with van der Waals surface area (Å²) in [5.74, 6) is 0.126. The average Bonchev–Trinajstić information content (AvgIpc) is 2.48. The minimum Gasteiger partial charge on any atom is -0.352 e. The van der Waals surface area contributed by atoms with E-state index in [1.807, 2.05) is 0 Å². The summed E-state index contributed by atoms with van der Waals surface area (Å²) in [7, 11) is 0. The van der Waals surface area contributed by atoms with Gasteiger partial charge in [-0.15, -0.1) is 12.4 Å². The van der Waals surface area contributed by atoms with Crippen LogP contribution in [0.15, 0.2) is 18.2 Å².